The number of hydrogen-bond donors (Lipinski definition) is 3. The summed E-state index contributed by atoms with van der Waals surface area (Å²) in [4.78, 5) is 24.1. The van der Waals surface area contributed by atoms with E-state index in [1.807, 2.05) is 6.07 Å². The predicted molar refractivity (Wildman–Crippen MR) is 88.2 cm³/mol. The van der Waals surface area contributed by atoms with E-state index >= 15 is 0 Å². The van der Waals surface area contributed by atoms with E-state index in [1.165, 1.54) is 25.1 Å². The second-order valence-corrected chi connectivity index (χ2v) is 5.25. The van der Waals surface area contributed by atoms with Gasteiger partial charge in [-0.05, 0) is 25.1 Å². The molecule has 1 atom stereocenters. The minimum atomic E-state index is -1.01. The summed E-state index contributed by atoms with van der Waals surface area (Å²) in [5, 5.41) is 7.29. The molecule has 7 nitrogen and oxygen atoms in total. The summed E-state index contributed by atoms with van der Waals surface area (Å²) in [6.45, 7) is 1.44. The van der Waals surface area contributed by atoms with E-state index in [-0.39, 0.29) is 11.4 Å². The molecule has 25 heavy (non-hydrogen) atoms. The van der Waals surface area contributed by atoms with E-state index in [9.17, 15) is 14.0 Å². The first-order chi connectivity index (χ1) is 12.1. The summed E-state index contributed by atoms with van der Waals surface area (Å²) < 4.78 is 18.8. The van der Waals surface area contributed by atoms with Crippen LogP contribution in [-0.2, 0) is 4.79 Å². The van der Waals surface area contributed by atoms with Crippen LogP contribution < -0.4 is 15.6 Å². The molecule has 2 amide bonds. The number of halogens is 1. The van der Waals surface area contributed by atoms with Crippen molar-refractivity contribution >= 4 is 22.7 Å². The molecule has 0 radical (unpaired) electrons. The van der Waals surface area contributed by atoms with E-state index in [1.54, 1.807) is 24.3 Å². The molecule has 128 valence electrons. The first kappa shape index (κ1) is 16.4. The van der Waals surface area contributed by atoms with Crippen molar-refractivity contribution in [2.45, 2.75) is 13.0 Å². The SMILES string of the molecule is CC(Oc1ccccc1F)C(=O)NNC(=O)c1n[nH]c2ccccc12. The van der Waals surface area contributed by atoms with Gasteiger partial charge in [0.1, 0.15) is 0 Å². The molecule has 0 aliphatic heterocycles. The number of nitrogens with one attached hydrogen (secondary N) is 3. The van der Waals surface area contributed by atoms with Gasteiger partial charge in [0.15, 0.2) is 23.4 Å². The van der Waals surface area contributed by atoms with Crippen LogP contribution in [0.3, 0.4) is 0 Å². The number of rotatable bonds is 4. The minimum Gasteiger partial charge on any atom is -0.478 e. The Morgan fingerprint density at radius 1 is 1.12 bits per heavy atom. The van der Waals surface area contributed by atoms with E-state index < -0.39 is 23.7 Å². The third-order valence-electron chi connectivity index (χ3n) is 3.49. The van der Waals surface area contributed by atoms with Crippen molar-refractivity contribution < 1.29 is 18.7 Å². The van der Waals surface area contributed by atoms with E-state index in [4.69, 9.17) is 4.74 Å². The maximum atomic E-state index is 13.5. The molecule has 3 rings (SSSR count). The molecule has 1 heterocycles. The number of carbonyl (C=O) groups is 2. The second-order valence-electron chi connectivity index (χ2n) is 5.25. The lowest BCUT2D eigenvalue weighted by Crippen LogP contribution is -2.47. The third-order valence-corrected chi connectivity index (χ3v) is 3.49. The van der Waals surface area contributed by atoms with Gasteiger partial charge >= 0.3 is 0 Å². The van der Waals surface area contributed by atoms with Crippen LogP contribution in [0.25, 0.3) is 10.9 Å². The average molecular weight is 342 g/mol. The number of nitrogens with zero attached hydrogens (tertiary/aromatic N) is 1. The predicted octanol–water partition coefficient (Wildman–Crippen LogP) is 1.93. The normalized spacial score (nSPS) is 11.8. The standard InChI is InChI=1S/C17H15FN4O3/c1-10(25-14-9-5-3-7-12(14)18)16(23)21-22-17(24)15-11-6-2-4-8-13(11)19-20-15/h2-10H,1H3,(H,19,20)(H,21,23)(H,22,24). The number of aromatic amines is 1. The topological polar surface area (TPSA) is 96.1 Å². The molecule has 0 fully saturated rings. The van der Waals surface area contributed by atoms with Gasteiger partial charge < -0.3 is 4.74 Å². The fourth-order valence-electron chi connectivity index (χ4n) is 2.20. The second kappa shape index (κ2) is 7.00. The molecule has 1 unspecified atom stereocenters. The summed E-state index contributed by atoms with van der Waals surface area (Å²) in [6.07, 6.45) is -1.01. The molecular weight excluding hydrogens is 327 g/mol. The highest BCUT2D eigenvalue weighted by molar-refractivity contribution is 6.05. The Labute approximate surface area is 142 Å². The van der Waals surface area contributed by atoms with Gasteiger partial charge in [-0.1, -0.05) is 30.3 Å². The van der Waals surface area contributed by atoms with Gasteiger partial charge in [-0.25, -0.2) is 4.39 Å². The van der Waals surface area contributed by atoms with Crippen LogP contribution in [0.15, 0.2) is 48.5 Å². The van der Waals surface area contributed by atoms with Crippen LogP contribution in [0.5, 0.6) is 5.75 Å². The highest BCUT2D eigenvalue weighted by Gasteiger charge is 2.19. The Morgan fingerprint density at radius 2 is 1.84 bits per heavy atom. The monoisotopic (exact) mass is 342 g/mol. The van der Waals surface area contributed by atoms with Gasteiger partial charge in [-0.3, -0.25) is 25.5 Å². The Kier molecular flexibility index (Phi) is 4.60. The Hall–Kier alpha value is -3.42. The molecule has 0 saturated carbocycles. The summed E-state index contributed by atoms with van der Waals surface area (Å²) in [7, 11) is 0. The van der Waals surface area contributed by atoms with Crippen molar-refractivity contribution in [2.75, 3.05) is 0 Å². The van der Waals surface area contributed by atoms with Crippen molar-refractivity contribution in [1.29, 1.82) is 0 Å². The smallest absolute Gasteiger partial charge is 0.290 e. The zero-order chi connectivity index (χ0) is 17.8. The van der Waals surface area contributed by atoms with Crippen LogP contribution in [-0.4, -0.2) is 28.1 Å². The number of aromatic nitrogens is 2. The Balaban J connectivity index is 1.60. The zero-order valence-corrected chi connectivity index (χ0v) is 13.2. The average Bonchev–Trinajstić information content (AvgIpc) is 3.05. The number of hydrazine groups is 1. The Bertz CT molecular complexity index is 925. The maximum absolute atomic E-state index is 13.5. The lowest BCUT2D eigenvalue weighted by molar-refractivity contribution is -0.128. The number of H-pyrrole nitrogens is 1. The van der Waals surface area contributed by atoms with E-state index in [0.717, 1.165) is 0 Å². The molecule has 1 aromatic heterocycles. The molecular formula is C17H15FN4O3. The van der Waals surface area contributed by atoms with E-state index in [0.29, 0.717) is 10.9 Å². The number of para-hydroxylation sites is 2. The molecule has 0 aliphatic carbocycles. The molecule has 2 aromatic carbocycles. The minimum absolute atomic E-state index is 0.0465. The van der Waals surface area contributed by atoms with Gasteiger partial charge in [-0.15, -0.1) is 0 Å². The number of carbonyl (C=O) groups excluding carboxylic acids is 2. The first-order valence-corrected chi connectivity index (χ1v) is 7.50. The quantitative estimate of drug-likeness (QED) is 0.631. The summed E-state index contributed by atoms with van der Waals surface area (Å²) in [5.41, 5.74) is 5.35. The highest BCUT2D eigenvalue weighted by Crippen LogP contribution is 2.17. The van der Waals surface area contributed by atoms with Crippen molar-refractivity contribution in [3.63, 3.8) is 0 Å². The number of fused-ring (bicyclic) bond motifs is 1. The molecule has 0 saturated heterocycles. The fourth-order valence-corrected chi connectivity index (χ4v) is 2.20. The molecule has 8 heteroatoms. The molecule has 0 bridgehead atoms. The molecule has 3 aromatic rings. The van der Waals surface area contributed by atoms with Gasteiger partial charge in [0.2, 0.25) is 0 Å². The van der Waals surface area contributed by atoms with Gasteiger partial charge in [0.25, 0.3) is 11.8 Å². The number of amides is 2. The van der Waals surface area contributed by atoms with Crippen molar-refractivity contribution in [3.8, 4) is 5.75 Å². The van der Waals surface area contributed by atoms with E-state index in [2.05, 4.69) is 21.0 Å². The third kappa shape index (κ3) is 3.57. The van der Waals surface area contributed by atoms with Crippen LogP contribution >= 0.6 is 0 Å². The maximum Gasteiger partial charge on any atom is 0.290 e. The summed E-state index contributed by atoms with van der Waals surface area (Å²) in [6, 6.07) is 12.8. The number of ether oxygens (including phenoxy) is 1. The lowest BCUT2D eigenvalue weighted by Gasteiger charge is -2.15. The highest BCUT2D eigenvalue weighted by atomic mass is 19.1. The Morgan fingerprint density at radius 3 is 2.64 bits per heavy atom. The van der Waals surface area contributed by atoms with Crippen molar-refractivity contribution in [3.05, 3.63) is 60.0 Å². The fraction of sp³-hybridized carbons (Fsp3) is 0.118. The lowest BCUT2D eigenvalue weighted by atomic mass is 10.2. The van der Waals surface area contributed by atoms with Crippen LogP contribution in [0.1, 0.15) is 17.4 Å². The van der Waals surface area contributed by atoms with Crippen LogP contribution in [0, 0.1) is 5.82 Å². The summed E-state index contributed by atoms with van der Waals surface area (Å²) in [5.74, 6) is -1.83. The molecule has 3 N–H and O–H groups in total. The number of hydrogen-bond acceptors (Lipinski definition) is 4. The summed E-state index contributed by atoms with van der Waals surface area (Å²) >= 11 is 0. The first-order valence-electron chi connectivity index (χ1n) is 7.50. The molecule has 0 aliphatic rings. The van der Waals surface area contributed by atoms with Crippen LogP contribution in [0.2, 0.25) is 0 Å². The van der Waals surface area contributed by atoms with Gasteiger partial charge in [0, 0.05) is 5.39 Å². The zero-order valence-electron chi connectivity index (χ0n) is 13.2. The van der Waals surface area contributed by atoms with Gasteiger partial charge in [-0.2, -0.15) is 5.10 Å². The van der Waals surface area contributed by atoms with Crippen molar-refractivity contribution in [2.24, 2.45) is 0 Å². The largest absolute Gasteiger partial charge is 0.478 e. The van der Waals surface area contributed by atoms with Gasteiger partial charge in [0.05, 0.1) is 5.52 Å². The van der Waals surface area contributed by atoms with Crippen molar-refractivity contribution in [1.82, 2.24) is 21.0 Å². The van der Waals surface area contributed by atoms with Crippen LogP contribution in [0.4, 0.5) is 4.39 Å². The number of benzene rings is 2. The molecule has 0 spiro atoms.